The van der Waals surface area contributed by atoms with E-state index >= 15 is 0 Å². The topological polar surface area (TPSA) is 121 Å². The number of carboxylic acid groups (broad SMARTS) is 1. The van der Waals surface area contributed by atoms with E-state index in [0.29, 0.717) is 17.0 Å². The number of benzene rings is 1. The van der Waals surface area contributed by atoms with Gasteiger partial charge in [-0.2, -0.15) is 5.10 Å². The second kappa shape index (κ2) is 10.3. The Hall–Kier alpha value is -3.68. The number of carbonyl (C=O) groups excluding carboxylic acids is 2. The molecule has 0 saturated heterocycles. The normalized spacial score (nSPS) is 11.3. The molecule has 1 aromatic heterocycles. The summed E-state index contributed by atoms with van der Waals surface area (Å²) in [5, 5.41) is 15.3. The van der Waals surface area contributed by atoms with Gasteiger partial charge in [-0.05, 0) is 23.8 Å². The van der Waals surface area contributed by atoms with Crippen LogP contribution < -0.4 is 10.7 Å². The van der Waals surface area contributed by atoms with Crippen LogP contribution in [0.5, 0.6) is 0 Å². The molecule has 0 unspecified atom stereocenters. The highest BCUT2D eigenvalue weighted by molar-refractivity contribution is 6.02. The first-order valence-electron chi connectivity index (χ1n) is 8.16. The summed E-state index contributed by atoms with van der Waals surface area (Å²) in [6.45, 7) is -0.272. The fourth-order valence-electron chi connectivity index (χ4n) is 2.06. The van der Waals surface area contributed by atoms with Crippen molar-refractivity contribution in [2.75, 3.05) is 6.54 Å². The Kier molecular flexibility index (Phi) is 7.52. The van der Waals surface area contributed by atoms with Crippen LogP contribution in [0.15, 0.2) is 64.3 Å². The molecule has 0 fully saturated rings. The van der Waals surface area contributed by atoms with Crippen LogP contribution in [0.2, 0.25) is 0 Å². The van der Waals surface area contributed by atoms with Gasteiger partial charge in [0.1, 0.15) is 5.76 Å². The Labute approximate surface area is 155 Å². The molecule has 3 N–H and O–H groups in total. The zero-order chi connectivity index (χ0) is 19.5. The molecular weight excluding hydrogens is 350 g/mol. The molecule has 1 heterocycles. The van der Waals surface area contributed by atoms with Crippen molar-refractivity contribution < 1.29 is 23.9 Å². The summed E-state index contributed by atoms with van der Waals surface area (Å²) in [6.07, 6.45) is 4.26. The maximum atomic E-state index is 11.9. The van der Waals surface area contributed by atoms with Gasteiger partial charge in [-0.25, -0.2) is 5.43 Å². The van der Waals surface area contributed by atoms with E-state index in [9.17, 15) is 14.4 Å². The number of furan rings is 1. The summed E-state index contributed by atoms with van der Waals surface area (Å²) in [6, 6.07) is 12.3. The third-order valence-corrected chi connectivity index (χ3v) is 3.36. The molecular formula is C19H19N3O5. The van der Waals surface area contributed by atoms with Crippen LogP contribution in [-0.4, -0.2) is 35.1 Å². The third kappa shape index (κ3) is 7.39. The van der Waals surface area contributed by atoms with E-state index in [-0.39, 0.29) is 19.4 Å². The van der Waals surface area contributed by atoms with Gasteiger partial charge in [0, 0.05) is 12.5 Å². The molecule has 0 atom stereocenters. The molecule has 8 heteroatoms. The van der Waals surface area contributed by atoms with Gasteiger partial charge >= 0.3 is 5.97 Å². The molecule has 0 aliphatic rings. The molecule has 1 aromatic carbocycles. The summed E-state index contributed by atoms with van der Waals surface area (Å²) < 4.78 is 5.05. The van der Waals surface area contributed by atoms with Crippen molar-refractivity contribution in [1.82, 2.24) is 10.7 Å². The number of hydrazone groups is 1. The lowest BCUT2D eigenvalue weighted by atomic mass is 10.1. The number of hydrogen-bond donors (Lipinski definition) is 3. The number of aliphatic carboxylic acids is 1. The highest BCUT2D eigenvalue weighted by atomic mass is 16.4. The second-order valence-electron chi connectivity index (χ2n) is 5.42. The van der Waals surface area contributed by atoms with Crippen molar-refractivity contribution >= 4 is 29.6 Å². The Morgan fingerprint density at radius 3 is 2.52 bits per heavy atom. The predicted octanol–water partition coefficient (Wildman–Crippen LogP) is 1.79. The second-order valence-corrected chi connectivity index (χ2v) is 5.42. The van der Waals surface area contributed by atoms with Crippen LogP contribution in [0.1, 0.15) is 24.2 Å². The Balaban J connectivity index is 1.87. The maximum Gasteiger partial charge on any atom is 0.303 e. The van der Waals surface area contributed by atoms with Crippen molar-refractivity contribution in [3.63, 3.8) is 0 Å². The lowest BCUT2D eigenvalue weighted by Gasteiger charge is -2.07. The monoisotopic (exact) mass is 369 g/mol. The summed E-state index contributed by atoms with van der Waals surface area (Å²) >= 11 is 0. The summed E-state index contributed by atoms with van der Waals surface area (Å²) in [5.41, 5.74) is 3.48. The van der Waals surface area contributed by atoms with Crippen molar-refractivity contribution in [1.29, 1.82) is 0 Å². The van der Waals surface area contributed by atoms with Gasteiger partial charge in [-0.3, -0.25) is 14.4 Å². The highest BCUT2D eigenvalue weighted by Crippen LogP contribution is 2.06. The zero-order valence-electron chi connectivity index (χ0n) is 14.4. The lowest BCUT2D eigenvalue weighted by molar-refractivity contribution is -0.136. The summed E-state index contributed by atoms with van der Waals surface area (Å²) in [7, 11) is 0. The average Bonchev–Trinajstić information content (AvgIpc) is 3.19. The van der Waals surface area contributed by atoms with Crippen LogP contribution in [0, 0.1) is 0 Å². The first-order valence-corrected chi connectivity index (χ1v) is 8.16. The molecule has 27 heavy (non-hydrogen) atoms. The number of hydrogen-bond acceptors (Lipinski definition) is 5. The summed E-state index contributed by atoms with van der Waals surface area (Å²) in [5.74, 6) is -1.43. The van der Waals surface area contributed by atoms with E-state index < -0.39 is 17.8 Å². The van der Waals surface area contributed by atoms with Crippen LogP contribution >= 0.6 is 0 Å². The van der Waals surface area contributed by atoms with Crippen molar-refractivity contribution in [2.45, 2.75) is 12.8 Å². The number of nitrogens with one attached hydrogen (secondary N) is 2. The first kappa shape index (κ1) is 19.6. The van der Waals surface area contributed by atoms with Gasteiger partial charge in [0.2, 0.25) is 5.91 Å². The quantitative estimate of drug-likeness (QED) is 0.353. The Morgan fingerprint density at radius 1 is 1.07 bits per heavy atom. The van der Waals surface area contributed by atoms with Crippen LogP contribution in [-0.2, 0) is 14.4 Å². The molecule has 0 radical (unpaired) electrons. The average molecular weight is 369 g/mol. The number of carbonyl (C=O) groups is 3. The number of rotatable bonds is 9. The van der Waals surface area contributed by atoms with Gasteiger partial charge in [-0.1, -0.05) is 30.3 Å². The molecule has 2 rings (SSSR count). The van der Waals surface area contributed by atoms with E-state index in [2.05, 4.69) is 15.8 Å². The van der Waals surface area contributed by atoms with Gasteiger partial charge in [0.15, 0.2) is 0 Å². The van der Waals surface area contributed by atoms with Crippen LogP contribution in [0.4, 0.5) is 0 Å². The molecule has 2 amide bonds. The highest BCUT2D eigenvalue weighted by Gasteiger charge is 2.08. The van der Waals surface area contributed by atoms with Gasteiger partial charge < -0.3 is 14.8 Å². The van der Waals surface area contributed by atoms with E-state index in [0.717, 1.165) is 0 Å². The molecule has 8 nitrogen and oxygen atoms in total. The smallest absolute Gasteiger partial charge is 0.303 e. The Bertz CT molecular complexity index is 826. The molecule has 2 aromatic rings. The minimum atomic E-state index is -0.958. The fourth-order valence-corrected chi connectivity index (χ4v) is 2.06. The molecule has 0 aliphatic heterocycles. The predicted molar refractivity (Wildman–Crippen MR) is 98.7 cm³/mol. The van der Waals surface area contributed by atoms with E-state index in [4.69, 9.17) is 9.52 Å². The summed E-state index contributed by atoms with van der Waals surface area (Å²) in [4.78, 5) is 34.3. The Morgan fingerprint density at radius 2 is 1.85 bits per heavy atom. The largest absolute Gasteiger partial charge is 0.481 e. The molecule has 140 valence electrons. The third-order valence-electron chi connectivity index (χ3n) is 3.36. The number of amides is 2. The SMILES string of the molecule is O=C(O)CC/C(=N\NC(=O)CNC(=O)/C=C/c1ccco1)c1ccccc1. The van der Waals surface area contributed by atoms with Crippen LogP contribution in [0.3, 0.4) is 0 Å². The number of nitrogens with zero attached hydrogens (tertiary/aromatic N) is 1. The van der Waals surface area contributed by atoms with Gasteiger partial charge in [0.05, 0.1) is 24.9 Å². The fraction of sp³-hybridized carbons (Fsp3) is 0.158. The standard InChI is InChI=1S/C19H19N3O5/c23-17(10-8-15-7-4-12-27-15)20-13-18(24)22-21-16(9-11-19(25)26)14-5-2-1-3-6-14/h1-8,10,12H,9,11,13H2,(H,20,23)(H,22,24)(H,25,26)/b10-8+,21-16+. The minimum absolute atomic E-state index is 0.113. The molecule has 0 bridgehead atoms. The zero-order valence-corrected chi connectivity index (χ0v) is 14.4. The van der Waals surface area contributed by atoms with Crippen molar-refractivity contribution in [2.24, 2.45) is 5.10 Å². The van der Waals surface area contributed by atoms with E-state index in [1.807, 2.05) is 6.07 Å². The lowest BCUT2D eigenvalue weighted by Crippen LogP contribution is -2.34. The first-order chi connectivity index (χ1) is 13.0. The minimum Gasteiger partial charge on any atom is -0.481 e. The van der Waals surface area contributed by atoms with E-state index in [1.54, 1.807) is 36.4 Å². The maximum absolute atomic E-state index is 11.9. The molecule has 0 aliphatic carbocycles. The van der Waals surface area contributed by atoms with Crippen molar-refractivity contribution in [3.8, 4) is 0 Å². The van der Waals surface area contributed by atoms with E-state index in [1.165, 1.54) is 18.4 Å². The number of carboxylic acids is 1. The molecule has 0 saturated carbocycles. The molecule has 0 spiro atoms. The van der Waals surface area contributed by atoms with Gasteiger partial charge in [0.25, 0.3) is 5.91 Å². The van der Waals surface area contributed by atoms with Gasteiger partial charge in [-0.15, -0.1) is 0 Å². The van der Waals surface area contributed by atoms with Crippen LogP contribution in [0.25, 0.3) is 6.08 Å². The van der Waals surface area contributed by atoms with Crippen molar-refractivity contribution in [3.05, 3.63) is 66.1 Å².